The van der Waals surface area contributed by atoms with E-state index in [9.17, 15) is 33.6 Å². The second-order valence-electron chi connectivity index (χ2n) is 15.4. The summed E-state index contributed by atoms with van der Waals surface area (Å²) in [5.74, 6) is -3.69. The van der Waals surface area contributed by atoms with E-state index in [2.05, 4.69) is 26.4 Å². The fraction of sp³-hybridized carbons (Fsp3) is 0.436. The number of amides is 7. The van der Waals surface area contributed by atoms with Crippen molar-refractivity contribution in [3.05, 3.63) is 71.3 Å². The largest absolute Gasteiger partial charge is 0.387 e. The number of hydrogen-bond donors (Lipinski definition) is 4. The molecule has 3 heterocycles. The molecule has 4 aliphatic rings. The van der Waals surface area contributed by atoms with Crippen molar-refractivity contribution < 1.29 is 38.4 Å². The molecule has 2 aromatic rings. The van der Waals surface area contributed by atoms with Gasteiger partial charge in [0.15, 0.2) is 5.60 Å². The molecule has 16 heteroatoms. The Morgan fingerprint density at radius 2 is 1.69 bits per heavy atom. The van der Waals surface area contributed by atoms with Gasteiger partial charge in [0.05, 0.1) is 24.0 Å². The third-order valence-electron chi connectivity index (χ3n) is 9.91. The average molecular weight is 774 g/mol. The number of ketones is 1. The number of anilines is 2. The van der Waals surface area contributed by atoms with Crippen LogP contribution in [0.1, 0.15) is 71.8 Å². The topological polar surface area (TPSA) is 196 Å². The fourth-order valence-electron chi connectivity index (χ4n) is 6.88. The van der Waals surface area contributed by atoms with Gasteiger partial charge in [0.1, 0.15) is 12.1 Å². The SMILES string of the molecule is CCC[C@H](NC(=O)[C@@H]1C[C@]2(CC(c3cccc(Cl)c3)=NO2)CN1C(=O)[C@@H](NC(=O)Nc1ccc(N2C(=O)C=CC2=O)cc1)C(C)(C)C)C(=O)C(=O)NC1CC1. The monoisotopic (exact) mass is 773 g/mol. The second kappa shape index (κ2) is 15.7. The summed E-state index contributed by atoms with van der Waals surface area (Å²) < 4.78 is 0. The average Bonchev–Trinajstić information content (AvgIpc) is 3.57. The van der Waals surface area contributed by atoms with Crippen molar-refractivity contribution in [2.75, 3.05) is 16.8 Å². The fourth-order valence-corrected chi connectivity index (χ4v) is 7.07. The Kier molecular flexibility index (Phi) is 11.1. The standard InChI is InChI=1S/C39H44ClN7O8/c1-5-7-27(32(50)35(52)41-24-10-11-24)43-34(51)29-20-39(19-28(45-55-39)22-8-6-9-23(40)18-22)21-46(29)36(53)33(38(2,3)4)44-37(54)42-25-12-14-26(15-13-25)47-30(48)16-17-31(47)49/h6,8-9,12-18,24,27,29,33H,5,7,10-11,19-21H2,1-4H3,(H,41,52)(H,43,51)(H2,42,44,54)/t27-,29-,33+,39+/m0/s1. The van der Waals surface area contributed by atoms with Crippen LogP contribution in [0, 0.1) is 5.41 Å². The lowest BCUT2D eigenvalue weighted by Crippen LogP contribution is -2.59. The van der Waals surface area contributed by atoms with Gasteiger partial charge in [-0.25, -0.2) is 9.69 Å². The van der Waals surface area contributed by atoms with Crippen LogP contribution in [0.5, 0.6) is 0 Å². The van der Waals surface area contributed by atoms with Crippen LogP contribution >= 0.6 is 11.6 Å². The number of urea groups is 1. The molecule has 0 aromatic heterocycles. The molecular formula is C39H44ClN7O8. The van der Waals surface area contributed by atoms with Crippen molar-refractivity contribution in [1.29, 1.82) is 0 Å². The Balaban J connectivity index is 1.22. The summed E-state index contributed by atoms with van der Waals surface area (Å²) in [5, 5.41) is 15.7. The van der Waals surface area contributed by atoms with Crippen molar-refractivity contribution in [2.24, 2.45) is 10.6 Å². The van der Waals surface area contributed by atoms with Crippen LogP contribution in [0.4, 0.5) is 16.2 Å². The molecule has 2 aromatic carbocycles. The van der Waals surface area contributed by atoms with E-state index in [1.807, 2.05) is 13.0 Å². The quantitative estimate of drug-likeness (QED) is 0.186. The normalized spacial score (nSPS) is 21.5. The van der Waals surface area contributed by atoms with Gasteiger partial charge < -0.3 is 31.0 Å². The minimum atomic E-state index is -1.16. The van der Waals surface area contributed by atoms with Crippen molar-refractivity contribution in [3.8, 4) is 0 Å². The van der Waals surface area contributed by atoms with Gasteiger partial charge in [-0.2, -0.15) is 0 Å². The first-order valence-corrected chi connectivity index (χ1v) is 18.7. The van der Waals surface area contributed by atoms with E-state index in [0.29, 0.717) is 28.5 Å². The predicted octanol–water partition coefficient (Wildman–Crippen LogP) is 3.60. The minimum Gasteiger partial charge on any atom is -0.387 e. The highest BCUT2D eigenvalue weighted by atomic mass is 35.5. The van der Waals surface area contributed by atoms with Gasteiger partial charge in [0.25, 0.3) is 17.7 Å². The molecule has 1 aliphatic carbocycles. The number of benzene rings is 2. The number of carbonyl (C=O) groups is 7. The van der Waals surface area contributed by atoms with Crippen molar-refractivity contribution in [3.63, 3.8) is 0 Å². The number of rotatable bonds is 12. The summed E-state index contributed by atoms with van der Waals surface area (Å²) in [6.07, 6.45) is 4.90. The summed E-state index contributed by atoms with van der Waals surface area (Å²) in [7, 11) is 0. The first-order chi connectivity index (χ1) is 26.1. The highest BCUT2D eigenvalue weighted by Crippen LogP contribution is 2.40. The van der Waals surface area contributed by atoms with Gasteiger partial charge in [-0.05, 0) is 61.1 Å². The Morgan fingerprint density at radius 1 is 1.00 bits per heavy atom. The molecule has 7 amide bonds. The lowest BCUT2D eigenvalue weighted by atomic mass is 9.85. The van der Waals surface area contributed by atoms with Gasteiger partial charge in [-0.15, -0.1) is 0 Å². The number of Topliss-reactive ketones (excluding diaryl/α,β-unsaturated/α-hetero) is 1. The molecule has 2 fully saturated rings. The first kappa shape index (κ1) is 39.1. The van der Waals surface area contributed by atoms with Gasteiger partial charge in [0, 0.05) is 47.3 Å². The van der Waals surface area contributed by atoms with Crippen LogP contribution in [-0.2, 0) is 33.6 Å². The molecular weight excluding hydrogens is 730 g/mol. The van der Waals surface area contributed by atoms with Gasteiger partial charge >= 0.3 is 6.03 Å². The minimum absolute atomic E-state index is 0.0202. The van der Waals surface area contributed by atoms with E-state index in [-0.39, 0.29) is 31.8 Å². The number of halogens is 1. The van der Waals surface area contributed by atoms with Crippen molar-refractivity contribution in [2.45, 2.75) is 96.0 Å². The van der Waals surface area contributed by atoms with Crippen LogP contribution in [0.3, 0.4) is 0 Å². The summed E-state index contributed by atoms with van der Waals surface area (Å²) in [4.78, 5) is 101. The maximum atomic E-state index is 14.7. The highest BCUT2D eigenvalue weighted by molar-refractivity contribution is 6.38. The molecule has 15 nitrogen and oxygen atoms in total. The Bertz CT molecular complexity index is 1950. The zero-order valence-electron chi connectivity index (χ0n) is 31.0. The number of nitrogens with one attached hydrogen (secondary N) is 4. The zero-order valence-corrected chi connectivity index (χ0v) is 31.8. The summed E-state index contributed by atoms with van der Waals surface area (Å²) in [6.45, 7) is 7.07. The molecule has 6 rings (SSSR count). The number of likely N-dealkylation sites (tertiary alicyclic amines) is 1. The smallest absolute Gasteiger partial charge is 0.319 e. The third-order valence-corrected chi connectivity index (χ3v) is 10.1. The summed E-state index contributed by atoms with van der Waals surface area (Å²) in [6, 6.07) is 8.94. The molecule has 4 atom stereocenters. The first-order valence-electron chi connectivity index (χ1n) is 18.3. The van der Waals surface area contributed by atoms with Crippen molar-refractivity contribution >= 4 is 70.0 Å². The van der Waals surface area contributed by atoms with Crippen molar-refractivity contribution in [1.82, 2.24) is 20.9 Å². The maximum absolute atomic E-state index is 14.7. The molecule has 55 heavy (non-hydrogen) atoms. The molecule has 1 saturated carbocycles. The highest BCUT2D eigenvalue weighted by Gasteiger charge is 2.55. The predicted molar refractivity (Wildman–Crippen MR) is 203 cm³/mol. The number of nitrogens with zero attached hydrogens (tertiary/aromatic N) is 3. The van der Waals surface area contributed by atoms with E-state index in [1.54, 1.807) is 39.0 Å². The van der Waals surface area contributed by atoms with Crippen LogP contribution < -0.4 is 26.2 Å². The van der Waals surface area contributed by atoms with Crippen LogP contribution in [-0.4, -0.2) is 88.3 Å². The van der Waals surface area contributed by atoms with E-state index >= 15 is 0 Å². The molecule has 0 radical (unpaired) electrons. The maximum Gasteiger partial charge on any atom is 0.319 e. The van der Waals surface area contributed by atoms with E-state index in [1.165, 1.54) is 41.3 Å². The molecule has 1 spiro atoms. The molecule has 4 N–H and O–H groups in total. The number of imide groups is 1. The lowest BCUT2D eigenvalue weighted by molar-refractivity contribution is -0.144. The van der Waals surface area contributed by atoms with E-state index in [4.69, 9.17) is 16.4 Å². The molecule has 0 bridgehead atoms. The molecule has 1 saturated heterocycles. The van der Waals surface area contributed by atoms with Crippen LogP contribution in [0.15, 0.2) is 65.8 Å². The lowest BCUT2D eigenvalue weighted by Gasteiger charge is -2.35. The Labute approximate surface area is 323 Å². The Hall–Kier alpha value is -5.57. The van der Waals surface area contributed by atoms with E-state index < -0.39 is 70.5 Å². The summed E-state index contributed by atoms with van der Waals surface area (Å²) in [5.41, 5.74) is -0.0171. The zero-order chi connectivity index (χ0) is 39.7. The van der Waals surface area contributed by atoms with E-state index in [0.717, 1.165) is 23.3 Å². The molecule has 290 valence electrons. The van der Waals surface area contributed by atoms with Crippen LogP contribution in [0.25, 0.3) is 0 Å². The Morgan fingerprint density at radius 3 is 2.31 bits per heavy atom. The molecule has 3 aliphatic heterocycles. The van der Waals surface area contributed by atoms with Crippen LogP contribution in [0.2, 0.25) is 5.02 Å². The number of carbonyl (C=O) groups excluding carboxylic acids is 7. The molecule has 0 unspecified atom stereocenters. The number of oxime groups is 1. The van der Waals surface area contributed by atoms with Gasteiger partial charge in [-0.1, -0.05) is 63.0 Å². The summed E-state index contributed by atoms with van der Waals surface area (Å²) >= 11 is 6.25. The van der Waals surface area contributed by atoms with Gasteiger partial charge in [-0.3, -0.25) is 28.8 Å². The number of hydrogen-bond acceptors (Lipinski definition) is 9. The van der Waals surface area contributed by atoms with Gasteiger partial charge in [0.2, 0.25) is 17.6 Å². The second-order valence-corrected chi connectivity index (χ2v) is 15.9. The third kappa shape index (κ3) is 8.88.